The van der Waals surface area contributed by atoms with Crippen LogP contribution in [0.25, 0.3) is 0 Å². The number of aromatic nitrogens is 2. The second-order valence-corrected chi connectivity index (χ2v) is 4.36. The number of aryl methyl sites for hydroxylation is 1. The molecule has 94 valence electrons. The molecule has 0 atom stereocenters. The molecule has 1 aromatic heterocycles. The monoisotopic (exact) mass is 284 g/mol. The summed E-state index contributed by atoms with van der Waals surface area (Å²) in [7, 11) is 0. The van der Waals surface area contributed by atoms with Gasteiger partial charge in [-0.3, -0.25) is 0 Å². The zero-order chi connectivity index (χ0) is 13.1. The molecule has 4 nitrogen and oxygen atoms in total. The van der Waals surface area contributed by atoms with Gasteiger partial charge in [-0.25, -0.2) is 4.98 Å². The van der Waals surface area contributed by atoms with Crippen molar-refractivity contribution in [1.82, 2.24) is 9.97 Å². The van der Waals surface area contributed by atoms with Crippen molar-refractivity contribution in [1.29, 1.82) is 0 Å². The second kappa shape index (κ2) is 5.52. The van der Waals surface area contributed by atoms with Crippen molar-refractivity contribution in [3.8, 4) is 11.8 Å². The van der Waals surface area contributed by atoms with E-state index >= 15 is 0 Å². The van der Waals surface area contributed by atoms with Crippen LogP contribution in [0.5, 0.6) is 11.8 Å². The van der Waals surface area contributed by atoms with Crippen molar-refractivity contribution in [3.63, 3.8) is 0 Å². The molecule has 18 heavy (non-hydrogen) atoms. The molecule has 1 aromatic carbocycles. The molecule has 0 fully saturated rings. The highest BCUT2D eigenvalue weighted by Crippen LogP contribution is 2.33. The van der Waals surface area contributed by atoms with E-state index in [0.717, 1.165) is 0 Å². The van der Waals surface area contributed by atoms with Crippen molar-refractivity contribution < 1.29 is 9.84 Å². The van der Waals surface area contributed by atoms with E-state index in [1.807, 2.05) is 0 Å². The van der Waals surface area contributed by atoms with E-state index in [4.69, 9.17) is 33.0 Å². The quantitative estimate of drug-likeness (QED) is 0.939. The fourth-order valence-electron chi connectivity index (χ4n) is 1.34. The molecule has 0 amide bonds. The molecule has 0 aliphatic heterocycles. The van der Waals surface area contributed by atoms with E-state index in [-0.39, 0.29) is 12.6 Å². The SMILES string of the molecule is Cc1nc(Oc2cccc(Cl)c2Cl)ncc1CO. The lowest BCUT2D eigenvalue weighted by atomic mass is 10.3. The topological polar surface area (TPSA) is 55.2 Å². The average molecular weight is 285 g/mol. The lowest BCUT2D eigenvalue weighted by Gasteiger charge is -2.08. The number of hydrogen-bond acceptors (Lipinski definition) is 4. The lowest BCUT2D eigenvalue weighted by molar-refractivity contribution is 0.279. The summed E-state index contributed by atoms with van der Waals surface area (Å²) in [6.45, 7) is 1.66. The van der Waals surface area contributed by atoms with Gasteiger partial charge in [-0.05, 0) is 19.1 Å². The minimum atomic E-state index is -0.107. The third kappa shape index (κ3) is 2.72. The fraction of sp³-hybridized carbons (Fsp3) is 0.167. The molecule has 0 saturated carbocycles. The Morgan fingerprint density at radius 2 is 2.11 bits per heavy atom. The van der Waals surface area contributed by atoms with Crippen LogP contribution >= 0.6 is 23.2 Å². The molecular weight excluding hydrogens is 275 g/mol. The van der Waals surface area contributed by atoms with Gasteiger partial charge in [0.2, 0.25) is 0 Å². The molecule has 1 N–H and O–H groups in total. The molecule has 0 spiro atoms. The largest absolute Gasteiger partial charge is 0.423 e. The normalized spacial score (nSPS) is 10.4. The maximum Gasteiger partial charge on any atom is 0.322 e. The van der Waals surface area contributed by atoms with Crippen molar-refractivity contribution in [3.05, 3.63) is 45.7 Å². The van der Waals surface area contributed by atoms with Gasteiger partial charge in [0.1, 0.15) is 5.02 Å². The first-order chi connectivity index (χ1) is 8.61. The first kappa shape index (κ1) is 13.1. The Balaban J connectivity index is 2.29. The number of benzene rings is 1. The maximum atomic E-state index is 9.02. The molecule has 2 aromatic rings. The van der Waals surface area contributed by atoms with Crippen LogP contribution in [0.3, 0.4) is 0 Å². The van der Waals surface area contributed by atoms with Gasteiger partial charge in [-0.15, -0.1) is 0 Å². The van der Waals surface area contributed by atoms with Gasteiger partial charge in [0.25, 0.3) is 0 Å². The van der Waals surface area contributed by atoms with Crippen LogP contribution in [-0.2, 0) is 6.61 Å². The fourth-order valence-corrected chi connectivity index (χ4v) is 1.67. The van der Waals surface area contributed by atoms with Gasteiger partial charge >= 0.3 is 6.01 Å². The number of ether oxygens (including phenoxy) is 1. The van der Waals surface area contributed by atoms with E-state index in [1.165, 1.54) is 6.20 Å². The summed E-state index contributed by atoms with van der Waals surface area (Å²) in [5, 5.41) is 9.73. The first-order valence-electron chi connectivity index (χ1n) is 5.17. The number of hydrogen-bond donors (Lipinski definition) is 1. The number of aliphatic hydroxyl groups is 1. The minimum Gasteiger partial charge on any atom is -0.423 e. The molecular formula is C12H10Cl2N2O2. The summed E-state index contributed by atoms with van der Waals surface area (Å²) in [6, 6.07) is 5.22. The van der Waals surface area contributed by atoms with E-state index < -0.39 is 0 Å². The van der Waals surface area contributed by atoms with Crippen molar-refractivity contribution in [2.24, 2.45) is 0 Å². The number of aliphatic hydroxyl groups excluding tert-OH is 1. The minimum absolute atomic E-state index is 0.107. The van der Waals surface area contributed by atoms with E-state index in [9.17, 15) is 0 Å². The van der Waals surface area contributed by atoms with E-state index in [1.54, 1.807) is 25.1 Å². The zero-order valence-electron chi connectivity index (χ0n) is 9.52. The van der Waals surface area contributed by atoms with Crippen molar-refractivity contribution in [2.45, 2.75) is 13.5 Å². The number of rotatable bonds is 3. The summed E-state index contributed by atoms with van der Waals surface area (Å²) < 4.78 is 5.45. The predicted molar refractivity (Wildman–Crippen MR) is 69.2 cm³/mol. The van der Waals surface area contributed by atoms with Gasteiger partial charge in [-0.2, -0.15) is 4.98 Å². The smallest absolute Gasteiger partial charge is 0.322 e. The Morgan fingerprint density at radius 1 is 1.33 bits per heavy atom. The molecule has 0 bridgehead atoms. The summed E-state index contributed by atoms with van der Waals surface area (Å²) in [5.41, 5.74) is 1.31. The molecule has 2 rings (SSSR count). The molecule has 0 aliphatic carbocycles. The van der Waals surface area contributed by atoms with Crippen molar-refractivity contribution >= 4 is 23.2 Å². The van der Waals surface area contributed by atoms with Gasteiger partial charge in [0.15, 0.2) is 5.75 Å². The third-order valence-electron chi connectivity index (χ3n) is 2.35. The number of halogens is 2. The van der Waals surface area contributed by atoms with Crippen LogP contribution in [0.2, 0.25) is 10.0 Å². The number of nitrogens with zero attached hydrogens (tertiary/aromatic N) is 2. The Labute approximate surface area is 114 Å². The first-order valence-corrected chi connectivity index (χ1v) is 5.92. The highest BCUT2D eigenvalue weighted by molar-refractivity contribution is 6.42. The zero-order valence-corrected chi connectivity index (χ0v) is 11.0. The highest BCUT2D eigenvalue weighted by atomic mass is 35.5. The Kier molecular flexibility index (Phi) is 4.01. The van der Waals surface area contributed by atoms with Crippen LogP contribution in [0, 0.1) is 6.92 Å². The molecule has 0 saturated heterocycles. The summed E-state index contributed by atoms with van der Waals surface area (Å²) >= 11 is 11.9. The third-order valence-corrected chi connectivity index (χ3v) is 3.15. The van der Waals surface area contributed by atoms with E-state index in [2.05, 4.69) is 9.97 Å². The molecule has 0 radical (unpaired) electrons. The van der Waals surface area contributed by atoms with Crippen LogP contribution in [0.1, 0.15) is 11.3 Å². The standard InChI is InChI=1S/C12H10Cl2N2O2/c1-7-8(6-17)5-15-12(16-7)18-10-4-2-3-9(13)11(10)14/h2-5,17H,6H2,1H3. The second-order valence-electron chi connectivity index (χ2n) is 3.58. The average Bonchev–Trinajstić information content (AvgIpc) is 2.35. The van der Waals surface area contributed by atoms with Gasteiger partial charge < -0.3 is 9.84 Å². The Bertz CT molecular complexity index is 576. The van der Waals surface area contributed by atoms with Gasteiger partial charge in [-0.1, -0.05) is 29.3 Å². The predicted octanol–water partition coefficient (Wildman–Crippen LogP) is 3.38. The van der Waals surface area contributed by atoms with Crippen LogP contribution in [0.4, 0.5) is 0 Å². The Hall–Kier alpha value is -1.36. The summed E-state index contributed by atoms with van der Waals surface area (Å²) in [5.74, 6) is 0.389. The van der Waals surface area contributed by atoms with Crippen LogP contribution < -0.4 is 4.74 Å². The van der Waals surface area contributed by atoms with Gasteiger partial charge in [0.05, 0.1) is 17.3 Å². The molecule has 1 heterocycles. The molecule has 0 aliphatic rings. The summed E-state index contributed by atoms with van der Waals surface area (Å²) in [6.07, 6.45) is 1.51. The van der Waals surface area contributed by atoms with Gasteiger partial charge in [0, 0.05) is 11.8 Å². The lowest BCUT2D eigenvalue weighted by Crippen LogP contribution is -1.98. The van der Waals surface area contributed by atoms with Crippen LogP contribution in [0.15, 0.2) is 24.4 Å². The molecule has 0 unspecified atom stereocenters. The maximum absolute atomic E-state index is 9.02. The Morgan fingerprint density at radius 3 is 2.78 bits per heavy atom. The highest BCUT2D eigenvalue weighted by Gasteiger charge is 2.09. The van der Waals surface area contributed by atoms with Crippen LogP contribution in [-0.4, -0.2) is 15.1 Å². The molecule has 6 heteroatoms. The van der Waals surface area contributed by atoms with E-state index in [0.29, 0.717) is 27.1 Å². The van der Waals surface area contributed by atoms with Crippen molar-refractivity contribution in [2.75, 3.05) is 0 Å². The summed E-state index contributed by atoms with van der Waals surface area (Å²) in [4.78, 5) is 8.10.